The van der Waals surface area contributed by atoms with Crippen LogP contribution in [0.1, 0.15) is 39.0 Å². The monoisotopic (exact) mass is 451 g/mol. The number of nitrogens with zero attached hydrogens (tertiary/aromatic N) is 2. The number of fused-ring (bicyclic) bond motifs is 1. The zero-order valence-corrected chi connectivity index (χ0v) is 19.0. The summed E-state index contributed by atoms with van der Waals surface area (Å²) in [6.45, 7) is 6.95. The van der Waals surface area contributed by atoms with Crippen molar-refractivity contribution in [3.05, 3.63) is 18.2 Å². The molecule has 4 rings (SSSR count). The molecule has 172 valence electrons. The molecular formula is C22H33N3O5S. The molecule has 3 heterocycles. The summed E-state index contributed by atoms with van der Waals surface area (Å²) in [5.74, 6) is 0.985. The number of carbonyl (C=O) groups is 1. The van der Waals surface area contributed by atoms with Gasteiger partial charge in [-0.15, -0.1) is 0 Å². The standard InChI is InChI=1S/C22H33N3O5S/c1-2-9-24-10-7-18(8-11-24)23-22(26)17-5-12-25(13-6-17)31(27,28)19-3-4-20-21(16-19)30-15-14-29-20/h3-4,16-18H,2,5-15H2,1H3,(H,23,26). The molecule has 1 aromatic carbocycles. The molecule has 3 aliphatic heterocycles. The normalized spacial score (nSPS) is 21.7. The van der Waals surface area contributed by atoms with E-state index in [1.165, 1.54) is 10.4 Å². The molecule has 1 N–H and O–H groups in total. The summed E-state index contributed by atoms with van der Waals surface area (Å²) >= 11 is 0. The van der Waals surface area contributed by atoms with Crippen molar-refractivity contribution < 1.29 is 22.7 Å². The molecule has 0 atom stereocenters. The highest BCUT2D eigenvalue weighted by molar-refractivity contribution is 7.89. The van der Waals surface area contributed by atoms with Crippen LogP contribution in [0.2, 0.25) is 0 Å². The Morgan fingerprint density at radius 2 is 1.71 bits per heavy atom. The number of benzene rings is 1. The van der Waals surface area contributed by atoms with Gasteiger partial charge in [0, 0.05) is 44.2 Å². The Bertz CT molecular complexity index is 875. The van der Waals surface area contributed by atoms with Gasteiger partial charge in [0.25, 0.3) is 0 Å². The maximum absolute atomic E-state index is 13.1. The van der Waals surface area contributed by atoms with Crippen LogP contribution >= 0.6 is 0 Å². The Kier molecular flexibility index (Phi) is 7.03. The van der Waals surface area contributed by atoms with E-state index >= 15 is 0 Å². The van der Waals surface area contributed by atoms with Gasteiger partial charge in [-0.1, -0.05) is 6.92 Å². The third kappa shape index (κ3) is 5.15. The van der Waals surface area contributed by atoms with Crippen molar-refractivity contribution in [3.63, 3.8) is 0 Å². The number of ether oxygens (including phenoxy) is 2. The third-order valence-corrected chi connectivity index (χ3v) is 8.34. The summed E-state index contributed by atoms with van der Waals surface area (Å²) in [5.41, 5.74) is 0. The molecule has 0 radical (unpaired) electrons. The first-order valence-corrected chi connectivity index (χ1v) is 12.8. The first-order chi connectivity index (χ1) is 15.0. The van der Waals surface area contributed by atoms with Crippen molar-refractivity contribution >= 4 is 15.9 Å². The number of likely N-dealkylation sites (tertiary alicyclic amines) is 1. The van der Waals surface area contributed by atoms with E-state index in [-0.39, 0.29) is 22.8 Å². The minimum absolute atomic E-state index is 0.0744. The number of amides is 1. The fraction of sp³-hybridized carbons (Fsp3) is 0.682. The fourth-order valence-corrected chi connectivity index (χ4v) is 6.11. The highest BCUT2D eigenvalue weighted by Crippen LogP contribution is 2.34. The maximum Gasteiger partial charge on any atom is 0.243 e. The first-order valence-electron chi connectivity index (χ1n) is 11.4. The number of hydrogen-bond acceptors (Lipinski definition) is 6. The van der Waals surface area contributed by atoms with Crippen molar-refractivity contribution in [1.29, 1.82) is 0 Å². The van der Waals surface area contributed by atoms with Gasteiger partial charge in [0.2, 0.25) is 15.9 Å². The molecule has 0 unspecified atom stereocenters. The van der Waals surface area contributed by atoms with Crippen molar-refractivity contribution in [3.8, 4) is 11.5 Å². The van der Waals surface area contributed by atoms with Crippen molar-refractivity contribution in [1.82, 2.24) is 14.5 Å². The second kappa shape index (κ2) is 9.75. The molecule has 8 nitrogen and oxygen atoms in total. The largest absolute Gasteiger partial charge is 0.486 e. The summed E-state index contributed by atoms with van der Waals surface area (Å²) in [7, 11) is -3.62. The van der Waals surface area contributed by atoms with Gasteiger partial charge in [-0.05, 0) is 50.8 Å². The Balaban J connectivity index is 1.29. The van der Waals surface area contributed by atoms with Gasteiger partial charge in [-0.3, -0.25) is 4.79 Å². The molecule has 0 spiro atoms. The van der Waals surface area contributed by atoms with Gasteiger partial charge >= 0.3 is 0 Å². The Hall–Kier alpha value is -1.84. The van der Waals surface area contributed by atoms with Gasteiger partial charge in [0.05, 0.1) is 4.90 Å². The molecule has 3 aliphatic rings. The van der Waals surface area contributed by atoms with Crippen LogP contribution in [0.25, 0.3) is 0 Å². The lowest BCUT2D eigenvalue weighted by molar-refractivity contribution is -0.127. The smallest absolute Gasteiger partial charge is 0.243 e. The molecule has 0 aromatic heterocycles. The van der Waals surface area contributed by atoms with Crippen molar-refractivity contribution in [2.45, 2.75) is 50.0 Å². The van der Waals surface area contributed by atoms with Crippen LogP contribution in [0, 0.1) is 5.92 Å². The van der Waals surface area contributed by atoms with Gasteiger partial charge in [-0.25, -0.2) is 8.42 Å². The van der Waals surface area contributed by atoms with Gasteiger partial charge in [0.1, 0.15) is 13.2 Å². The SMILES string of the molecule is CCCN1CCC(NC(=O)C2CCN(S(=O)(=O)c3ccc4c(c3)OCCO4)CC2)CC1. The molecule has 31 heavy (non-hydrogen) atoms. The van der Waals surface area contributed by atoms with E-state index in [9.17, 15) is 13.2 Å². The second-order valence-corrected chi connectivity index (χ2v) is 10.5. The highest BCUT2D eigenvalue weighted by atomic mass is 32.2. The first kappa shape index (κ1) is 22.4. The summed E-state index contributed by atoms with van der Waals surface area (Å²) in [5, 5.41) is 3.21. The number of hydrogen-bond donors (Lipinski definition) is 1. The molecule has 0 bridgehead atoms. The van der Waals surface area contributed by atoms with Crippen LogP contribution in [-0.4, -0.2) is 75.5 Å². The van der Waals surface area contributed by atoms with E-state index < -0.39 is 10.0 Å². The fourth-order valence-electron chi connectivity index (χ4n) is 4.63. The predicted molar refractivity (Wildman–Crippen MR) is 117 cm³/mol. The molecule has 2 fully saturated rings. The average molecular weight is 452 g/mol. The molecule has 9 heteroatoms. The van der Waals surface area contributed by atoms with E-state index in [4.69, 9.17) is 9.47 Å². The van der Waals surface area contributed by atoms with Gasteiger partial charge in [-0.2, -0.15) is 4.31 Å². The van der Waals surface area contributed by atoms with Crippen LogP contribution in [0.5, 0.6) is 11.5 Å². The molecule has 1 amide bonds. The Morgan fingerprint density at radius 3 is 2.39 bits per heavy atom. The summed E-state index contributed by atoms with van der Waals surface area (Å²) in [6, 6.07) is 4.98. The molecule has 0 aliphatic carbocycles. The van der Waals surface area contributed by atoms with Crippen molar-refractivity contribution in [2.75, 3.05) is 45.9 Å². The van der Waals surface area contributed by atoms with Crippen molar-refractivity contribution in [2.24, 2.45) is 5.92 Å². The average Bonchev–Trinajstić information content (AvgIpc) is 2.80. The molecule has 2 saturated heterocycles. The topological polar surface area (TPSA) is 88.2 Å². The number of rotatable bonds is 6. The Labute approximate surface area is 184 Å². The third-order valence-electron chi connectivity index (χ3n) is 6.45. The van der Waals surface area contributed by atoms with Crippen LogP contribution in [0.15, 0.2) is 23.1 Å². The zero-order chi connectivity index (χ0) is 21.8. The van der Waals surface area contributed by atoms with Crippen LogP contribution < -0.4 is 14.8 Å². The lowest BCUT2D eigenvalue weighted by Gasteiger charge is -2.34. The quantitative estimate of drug-likeness (QED) is 0.710. The zero-order valence-electron chi connectivity index (χ0n) is 18.2. The summed E-state index contributed by atoms with van der Waals surface area (Å²) in [4.78, 5) is 15.4. The van der Waals surface area contributed by atoms with E-state index in [0.717, 1.165) is 38.9 Å². The maximum atomic E-state index is 13.1. The minimum atomic E-state index is -3.62. The van der Waals surface area contributed by atoms with Gasteiger partial charge < -0.3 is 19.7 Å². The highest BCUT2D eigenvalue weighted by Gasteiger charge is 2.33. The van der Waals surface area contributed by atoms with Crippen LogP contribution in [0.4, 0.5) is 0 Å². The molecule has 0 saturated carbocycles. The minimum Gasteiger partial charge on any atom is -0.486 e. The van der Waals surface area contributed by atoms with Crippen LogP contribution in [-0.2, 0) is 14.8 Å². The number of nitrogens with one attached hydrogen (secondary N) is 1. The lowest BCUT2D eigenvalue weighted by atomic mass is 9.96. The summed E-state index contributed by atoms with van der Waals surface area (Å²) < 4.78 is 38.6. The number of piperidine rings is 2. The predicted octanol–water partition coefficient (Wildman–Crippen LogP) is 1.85. The lowest BCUT2D eigenvalue weighted by Crippen LogP contribution is -2.48. The number of sulfonamides is 1. The van der Waals surface area contributed by atoms with E-state index in [2.05, 4.69) is 17.1 Å². The van der Waals surface area contributed by atoms with E-state index in [1.54, 1.807) is 12.1 Å². The molecular weight excluding hydrogens is 418 g/mol. The van der Waals surface area contributed by atoms with E-state index in [1.807, 2.05) is 0 Å². The van der Waals surface area contributed by atoms with Gasteiger partial charge in [0.15, 0.2) is 11.5 Å². The molecule has 1 aromatic rings. The van der Waals surface area contributed by atoms with E-state index in [0.29, 0.717) is 50.6 Å². The van der Waals surface area contributed by atoms with Crippen LogP contribution in [0.3, 0.4) is 0 Å². The summed E-state index contributed by atoms with van der Waals surface area (Å²) in [6.07, 6.45) is 4.23. The number of carbonyl (C=O) groups excluding carboxylic acids is 1. The Morgan fingerprint density at radius 1 is 1.03 bits per heavy atom. The second-order valence-electron chi connectivity index (χ2n) is 8.61.